The Morgan fingerprint density at radius 1 is 1.14 bits per heavy atom. The lowest BCUT2D eigenvalue weighted by Crippen LogP contribution is -2.04. The first-order chi connectivity index (χ1) is 10.1. The SMILES string of the molecule is CCC(C)c1ccc(Oc2ccc(F)cc2CCN)cc1. The van der Waals surface area contributed by atoms with E-state index in [0.29, 0.717) is 24.6 Å². The van der Waals surface area contributed by atoms with Crippen LogP contribution in [0.5, 0.6) is 11.5 Å². The van der Waals surface area contributed by atoms with E-state index in [0.717, 1.165) is 17.7 Å². The molecule has 21 heavy (non-hydrogen) atoms. The molecule has 0 fully saturated rings. The van der Waals surface area contributed by atoms with Crippen molar-refractivity contribution >= 4 is 0 Å². The minimum absolute atomic E-state index is 0.266. The molecule has 112 valence electrons. The van der Waals surface area contributed by atoms with E-state index in [-0.39, 0.29) is 5.82 Å². The fraction of sp³-hybridized carbons (Fsp3) is 0.333. The zero-order valence-electron chi connectivity index (χ0n) is 12.6. The monoisotopic (exact) mass is 287 g/mol. The van der Waals surface area contributed by atoms with E-state index in [2.05, 4.69) is 26.0 Å². The molecular weight excluding hydrogens is 265 g/mol. The molecule has 0 radical (unpaired) electrons. The molecule has 0 heterocycles. The Hall–Kier alpha value is -1.87. The van der Waals surface area contributed by atoms with Crippen LogP contribution in [0, 0.1) is 5.82 Å². The number of hydrogen-bond donors (Lipinski definition) is 1. The van der Waals surface area contributed by atoms with Crippen LogP contribution in [0.25, 0.3) is 0 Å². The highest BCUT2D eigenvalue weighted by Gasteiger charge is 2.07. The summed E-state index contributed by atoms with van der Waals surface area (Å²) in [6.07, 6.45) is 1.71. The molecule has 2 nitrogen and oxygen atoms in total. The summed E-state index contributed by atoms with van der Waals surface area (Å²) >= 11 is 0. The van der Waals surface area contributed by atoms with E-state index in [1.165, 1.54) is 17.7 Å². The van der Waals surface area contributed by atoms with E-state index >= 15 is 0 Å². The summed E-state index contributed by atoms with van der Waals surface area (Å²) in [5.41, 5.74) is 7.66. The molecule has 0 saturated heterocycles. The van der Waals surface area contributed by atoms with Crippen molar-refractivity contribution in [3.05, 3.63) is 59.4 Å². The Labute approximate surface area is 125 Å². The van der Waals surface area contributed by atoms with Gasteiger partial charge in [-0.25, -0.2) is 4.39 Å². The molecule has 3 heteroatoms. The van der Waals surface area contributed by atoms with Gasteiger partial charge in [-0.3, -0.25) is 0 Å². The Balaban J connectivity index is 2.18. The Bertz CT molecular complexity index is 580. The normalized spacial score (nSPS) is 12.2. The molecule has 2 rings (SSSR count). The Morgan fingerprint density at radius 3 is 2.48 bits per heavy atom. The summed E-state index contributed by atoms with van der Waals surface area (Å²) < 4.78 is 19.2. The maximum atomic E-state index is 13.3. The first-order valence-electron chi connectivity index (χ1n) is 7.40. The molecule has 0 aliphatic heterocycles. The Morgan fingerprint density at radius 2 is 1.86 bits per heavy atom. The molecule has 1 unspecified atom stereocenters. The first-order valence-corrected chi connectivity index (χ1v) is 7.40. The number of halogens is 1. The average molecular weight is 287 g/mol. The van der Waals surface area contributed by atoms with Crippen LogP contribution in [0.4, 0.5) is 4.39 Å². The summed E-state index contributed by atoms with van der Waals surface area (Å²) in [4.78, 5) is 0. The minimum Gasteiger partial charge on any atom is -0.457 e. The van der Waals surface area contributed by atoms with Crippen LogP contribution in [-0.4, -0.2) is 6.54 Å². The topological polar surface area (TPSA) is 35.2 Å². The van der Waals surface area contributed by atoms with Crippen molar-refractivity contribution in [2.75, 3.05) is 6.54 Å². The van der Waals surface area contributed by atoms with Crippen molar-refractivity contribution in [2.45, 2.75) is 32.6 Å². The van der Waals surface area contributed by atoms with Crippen LogP contribution in [-0.2, 0) is 6.42 Å². The van der Waals surface area contributed by atoms with Gasteiger partial charge in [0.1, 0.15) is 17.3 Å². The van der Waals surface area contributed by atoms with Gasteiger partial charge in [0.05, 0.1) is 0 Å². The minimum atomic E-state index is -0.266. The largest absolute Gasteiger partial charge is 0.457 e. The van der Waals surface area contributed by atoms with Crippen molar-refractivity contribution in [1.29, 1.82) is 0 Å². The number of benzene rings is 2. The highest BCUT2D eigenvalue weighted by Crippen LogP contribution is 2.28. The summed E-state index contributed by atoms with van der Waals surface area (Å²) in [6.45, 7) is 4.84. The van der Waals surface area contributed by atoms with Gasteiger partial charge in [0.2, 0.25) is 0 Å². The van der Waals surface area contributed by atoms with E-state index in [9.17, 15) is 4.39 Å². The van der Waals surface area contributed by atoms with Gasteiger partial charge in [-0.15, -0.1) is 0 Å². The second-order valence-corrected chi connectivity index (χ2v) is 5.27. The summed E-state index contributed by atoms with van der Waals surface area (Å²) in [6, 6.07) is 12.6. The second kappa shape index (κ2) is 7.23. The lowest BCUT2D eigenvalue weighted by Gasteiger charge is -2.13. The average Bonchev–Trinajstić information content (AvgIpc) is 2.50. The van der Waals surface area contributed by atoms with Gasteiger partial charge in [0.25, 0.3) is 0 Å². The fourth-order valence-electron chi connectivity index (χ4n) is 2.23. The molecule has 0 amide bonds. The predicted octanol–water partition coefficient (Wildman–Crippen LogP) is 4.63. The van der Waals surface area contributed by atoms with E-state index in [1.807, 2.05) is 12.1 Å². The van der Waals surface area contributed by atoms with Gasteiger partial charge in [0, 0.05) is 0 Å². The molecule has 0 aromatic heterocycles. The zero-order valence-corrected chi connectivity index (χ0v) is 12.6. The van der Waals surface area contributed by atoms with Crippen LogP contribution in [0.3, 0.4) is 0 Å². The van der Waals surface area contributed by atoms with Gasteiger partial charge >= 0.3 is 0 Å². The Kier molecular flexibility index (Phi) is 5.34. The number of ether oxygens (including phenoxy) is 1. The second-order valence-electron chi connectivity index (χ2n) is 5.27. The van der Waals surface area contributed by atoms with Crippen LogP contribution >= 0.6 is 0 Å². The number of rotatable bonds is 6. The lowest BCUT2D eigenvalue weighted by atomic mass is 9.99. The predicted molar refractivity (Wildman–Crippen MR) is 84.4 cm³/mol. The first kappa shape index (κ1) is 15.5. The molecule has 0 aliphatic rings. The smallest absolute Gasteiger partial charge is 0.130 e. The zero-order chi connectivity index (χ0) is 15.2. The summed E-state index contributed by atoms with van der Waals surface area (Å²) in [5.74, 6) is 1.70. The van der Waals surface area contributed by atoms with E-state index < -0.39 is 0 Å². The van der Waals surface area contributed by atoms with Gasteiger partial charge < -0.3 is 10.5 Å². The number of hydrogen-bond acceptors (Lipinski definition) is 2. The summed E-state index contributed by atoms with van der Waals surface area (Å²) in [7, 11) is 0. The third-order valence-electron chi connectivity index (χ3n) is 3.73. The van der Waals surface area contributed by atoms with Crippen molar-refractivity contribution in [3.8, 4) is 11.5 Å². The van der Waals surface area contributed by atoms with Gasteiger partial charge in [0.15, 0.2) is 0 Å². The van der Waals surface area contributed by atoms with Crippen molar-refractivity contribution in [1.82, 2.24) is 0 Å². The maximum Gasteiger partial charge on any atom is 0.130 e. The molecule has 0 aliphatic carbocycles. The van der Waals surface area contributed by atoms with Crippen LogP contribution in [0.1, 0.15) is 37.3 Å². The number of nitrogens with two attached hydrogens (primary N) is 1. The van der Waals surface area contributed by atoms with Crippen LogP contribution in [0.2, 0.25) is 0 Å². The van der Waals surface area contributed by atoms with Gasteiger partial charge in [-0.05, 0) is 66.8 Å². The van der Waals surface area contributed by atoms with Gasteiger partial charge in [-0.1, -0.05) is 26.0 Å². The highest BCUT2D eigenvalue weighted by atomic mass is 19.1. The molecule has 2 N–H and O–H groups in total. The molecule has 2 aromatic carbocycles. The molecule has 1 atom stereocenters. The van der Waals surface area contributed by atoms with E-state index in [4.69, 9.17) is 10.5 Å². The van der Waals surface area contributed by atoms with E-state index in [1.54, 1.807) is 6.07 Å². The molecular formula is C18H22FNO. The molecule has 0 spiro atoms. The maximum absolute atomic E-state index is 13.3. The molecule has 0 bridgehead atoms. The van der Waals surface area contributed by atoms with Crippen molar-refractivity contribution in [3.63, 3.8) is 0 Å². The lowest BCUT2D eigenvalue weighted by molar-refractivity contribution is 0.473. The quantitative estimate of drug-likeness (QED) is 0.840. The highest BCUT2D eigenvalue weighted by molar-refractivity contribution is 5.39. The molecule has 2 aromatic rings. The van der Waals surface area contributed by atoms with Crippen LogP contribution < -0.4 is 10.5 Å². The molecule has 0 saturated carbocycles. The van der Waals surface area contributed by atoms with Crippen LogP contribution in [0.15, 0.2) is 42.5 Å². The van der Waals surface area contributed by atoms with Crippen molar-refractivity contribution in [2.24, 2.45) is 5.73 Å². The van der Waals surface area contributed by atoms with Gasteiger partial charge in [-0.2, -0.15) is 0 Å². The van der Waals surface area contributed by atoms with Crippen molar-refractivity contribution < 1.29 is 9.13 Å². The fourth-order valence-corrected chi connectivity index (χ4v) is 2.23. The summed E-state index contributed by atoms with van der Waals surface area (Å²) in [5, 5.41) is 0. The standard InChI is InChI=1S/C18H22FNO/c1-3-13(2)14-4-7-17(8-5-14)21-18-9-6-16(19)12-15(18)10-11-20/h4-9,12-13H,3,10-11,20H2,1-2H3. The third-order valence-corrected chi connectivity index (χ3v) is 3.73. The third kappa shape index (κ3) is 4.05.